The van der Waals surface area contributed by atoms with Crippen LogP contribution in [-0.2, 0) is 0 Å². The summed E-state index contributed by atoms with van der Waals surface area (Å²) in [6.07, 6.45) is 1.36. The van der Waals surface area contributed by atoms with Crippen LogP contribution in [0.3, 0.4) is 0 Å². The number of carbonyl (C=O) groups excluding carboxylic acids is 1. The van der Waals surface area contributed by atoms with Gasteiger partial charge < -0.3 is 14.5 Å². The zero-order valence-electron chi connectivity index (χ0n) is 9.07. The number of amides is 1. The Kier molecular flexibility index (Phi) is 3.35. The van der Waals surface area contributed by atoms with Gasteiger partial charge in [-0.15, -0.1) is 0 Å². The minimum absolute atomic E-state index is 0.0670. The molecule has 17 heavy (non-hydrogen) atoms. The Morgan fingerprint density at radius 1 is 1.35 bits per heavy atom. The summed E-state index contributed by atoms with van der Waals surface area (Å²) in [5.41, 5.74) is 0.870. The minimum atomic E-state index is -0.340. The van der Waals surface area contributed by atoms with Crippen molar-refractivity contribution in [2.24, 2.45) is 0 Å². The maximum Gasteiger partial charge on any atom is 0.260 e. The van der Waals surface area contributed by atoms with E-state index < -0.39 is 0 Å². The molecule has 0 atom stereocenters. The Morgan fingerprint density at radius 2 is 2.12 bits per heavy atom. The van der Waals surface area contributed by atoms with E-state index in [-0.39, 0.29) is 16.7 Å². The van der Waals surface area contributed by atoms with E-state index in [1.807, 2.05) is 6.07 Å². The molecule has 88 valence electrons. The summed E-state index contributed by atoms with van der Waals surface area (Å²) in [6, 6.07) is 8.62. The predicted molar refractivity (Wildman–Crippen MR) is 64.7 cm³/mol. The van der Waals surface area contributed by atoms with Crippen LogP contribution in [0.1, 0.15) is 10.4 Å². The van der Waals surface area contributed by atoms with Crippen LogP contribution in [0, 0.1) is 0 Å². The Hall–Kier alpha value is -1.94. The normalized spacial score (nSPS) is 10.0. The van der Waals surface area contributed by atoms with E-state index in [4.69, 9.17) is 20.8 Å². The number of anilines is 1. The maximum atomic E-state index is 11.9. The van der Waals surface area contributed by atoms with E-state index in [2.05, 4.69) is 5.32 Å². The SMILES string of the molecule is COc1ccccc1NC(=O)c1ccoc1Cl. The summed E-state index contributed by atoms with van der Waals surface area (Å²) in [4.78, 5) is 11.9. The molecule has 1 heterocycles. The summed E-state index contributed by atoms with van der Waals surface area (Å²) in [5.74, 6) is 0.244. The molecule has 1 aromatic heterocycles. The van der Waals surface area contributed by atoms with Crippen LogP contribution in [0.2, 0.25) is 5.22 Å². The molecular weight excluding hydrogens is 242 g/mol. The average molecular weight is 252 g/mol. The third-order valence-electron chi connectivity index (χ3n) is 2.22. The number of methoxy groups -OCH3 is 1. The third-order valence-corrected chi connectivity index (χ3v) is 2.51. The van der Waals surface area contributed by atoms with Gasteiger partial charge in [0.15, 0.2) is 0 Å². The van der Waals surface area contributed by atoms with Gasteiger partial charge in [-0.25, -0.2) is 0 Å². The van der Waals surface area contributed by atoms with E-state index >= 15 is 0 Å². The van der Waals surface area contributed by atoms with Crippen LogP contribution in [0.25, 0.3) is 0 Å². The highest BCUT2D eigenvalue weighted by atomic mass is 35.5. The number of benzene rings is 1. The average Bonchev–Trinajstić information content (AvgIpc) is 2.76. The summed E-state index contributed by atoms with van der Waals surface area (Å²) in [6.45, 7) is 0. The van der Waals surface area contributed by atoms with E-state index in [1.54, 1.807) is 18.2 Å². The first kappa shape index (κ1) is 11.5. The number of hydrogen-bond acceptors (Lipinski definition) is 3. The number of ether oxygens (including phenoxy) is 1. The molecule has 0 radical (unpaired) electrons. The molecule has 4 nitrogen and oxygen atoms in total. The Bertz CT molecular complexity index is 536. The first-order valence-corrected chi connectivity index (χ1v) is 5.27. The van der Waals surface area contributed by atoms with Crippen molar-refractivity contribution in [1.29, 1.82) is 0 Å². The number of furan rings is 1. The van der Waals surface area contributed by atoms with Gasteiger partial charge in [0.05, 0.1) is 24.6 Å². The van der Waals surface area contributed by atoms with E-state index in [0.29, 0.717) is 11.4 Å². The van der Waals surface area contributed by atoms with Crippen molar-refractivity contribution >= 4 is 23.2 Å². The van der Waals surface area contributed by atoms with Crippen molar-refractivity contribution in [3.8, 4) is 5.75 Å². The smallest absolute Gasteiger partial charge is 0.260 e. The highest BCUT2D eigenvalue weighted by Crippen LogP contribution is 2.25. The Labute approximate surface area is 103 Å². The van der Waals surface area contributed by atoms with Crippen molar-refractivity contribution in [3.63, 3.8) is 0 Å². The second-order valence-electron chi connectivity index (χ2n) is 3.26. The van der Waals surface area contributed by atoms with Crippen molar-refractivity contribution in [3.05, 3.63) is 47.4 Å². The number of hydrogen-bond donors (Lipinski definition) is 1. The van der Waals surface area contributed by atoms with Gasteiger partial charge in [-0.1, -0.05) is 12.1 Å². The fraction of sp³-hybridized carbons (Fsp3) is 0.0833. The maximum absolute atomic E-state index is 11.9. The van der Waals surface area contributed by atoms with Gasteiger partial charge in [0.25, 0.3) is 5.91 Å². The predicted octanol–water partition coefficient (Wildman–Crippen LogP) is 3.19. The zero-order valence-corrected chi connectivity index (χ0v) is 9.82. The molecular formula is C12H10ClNO3. The molecule has 0 unspecified atom stereocenters. The van der Waals surface area contributed by atoms with Gasteiger partial charge in [0.2, 0.25) is 5.22 Å². The van der Waals surface area contributed by atoms with Crippen LogP contribution in [0.5, 0.6) is 5.75 Å². The summed E-state index contributed by atoms with van der Waals surface area (Å²) in [7, 11) is 1.54. The second kappa shape index (κ2) is 4.93. The Morgan fingerprint density at radius 3 is 2.76 bits per heavy atom. The molecule has 1 N–H and O–H groups in total. The van der Waals surface area contributed by atoms with Gasteiger partial charge in [-0.05, 0) is 29.8 Å². The van der Waals surface area contributed by atoms with Crippen LogP contribution < -0.4 is 10.1 Å². The third kappa shape index (κ3) is 2.42. The first-order chi connectivity index (χ1) is 8.22. The van der Waals surface area contributed by atoms with Crippen LogP contribution in [-0.4, -0.2) is 13.0 Å². The Balaban J connectivity index is 2.22. The van der Waals surface area contributed by atoms with E-state index in [1.165, 1.54) is 19.4 Å². The first-order valence-electron chi connectivity index (χ1n) is 4.89. The molecule has 0 saturated carbocycles. The van der Waals surface area contributed by atoms with Crippen LogP contribution in [0.15, 0.2) is 41.0 Å². The van der Waals surface area contributed by atoms with E-state index in [9.17, 15) is 4.79 Å². The number of halogens is 1. The molecule has 0 spiro atoms. The van der Waals surface area contributed by atoms with Crippen LogP contribution >= 0.6 is 11.6 Å². The topological polar surface area (TPSA) is 51.5 Å². The number of nitrogens with one attached hydrogen (secondary N) is 1. The summed E-state index contributed by atoms with van der Waals surface area (Å²) < 4.78 is 9.98. The summed E-state index contributed by atoms with van der Waals surface area (Å²) >= 11 is 5.72. The minimum Gasteiger partial charge on any atom is -0.495 e. The quantitative estimate of drug-likeness (QED) is 0.911. The lowest BCUT2D eigenvalue weighted by atomic mass is 10.2. The fourth-order valence-corrected chi connectivity index (χ4v) is 1.59. The fourth-order valence-electron chi connectivity index (χ4n) is 1.39. The second-order valence-corrected chi connectivity index (χ2v) is 3.61. The van der Waals surface area contributed by atoms with Gasteiger partial charge in [-0.2, -0.15) is 0 Å². The molecule has 1 amide bonds. The van der Waals surface area contributed by atoms with Gasteiger partial charge in [0.1, 0.15) is 5.75 Å². The molecule has 0 fully saturated rings. The van der Waals surface area contributed by atoms with Crippen molar-refractivity contribution in [2.45, 2.75) is 0 Å². The number of para-hydroxylation sites is 2. The molecule has 0 saturated heterocycles. The van der Waals surface area contributed by atoms with Crippen molar-refractivity contribution in [2.75, 3.05) is 12.4 Å². The monoisotopic (exact) mass is 251 g/mol. The van der Waals surface area contributed by atoms with Gasteiger partial charge >= 0.3 is 0 Å². The molecule has 0 aliphatic rings. The van der Waals surface area contributed by atoms with Crippen molar-refractivity contribution in [1.82, 2.24) is 0 Å². The molecule has 0 bridgehead atoms. The van der Waals surface area contributed by atoms with E-state index in [0.717, 1.165) is 0 Å². The lowest BCUT2D eigenvalue weighted by Crippen LogP contribution is -2.12. The molecule has 2 aromatic rings. The highest BCUT2D eigenvalue weighted by molar-refractivity contribution is 6.32. The zero-order chi connectivity index (χ0) is 12.3. The standard InChI is InChI=1S/C12H10ClNO3/c1-16-10-5-3-2-4-9(10)14-12(15)8-6-7-17-11(8)13/h2-7H,1H3,(H,14,15). The van der Waals surface area contributed by atoms with Gasteiger partial charge in [-0.3, -0.25) is 4.79 Å². The molecule has 0 aliphatic carbocycles. The molecule has 2 rings (SSSR count). The van der Waals surface area contributed by atoms with Crippen LogP contribution in [0.4, 0.5) is 5.69 Å². The highest BCUT2D eigenvalue weighted by Gasteiger charge is 2.14. The molecule has 5 heteroatoms. The largest absolute Gasteiger partial charge is 0.495 e. The molecule has 1 aromatic carbocycles. The van der Waals surface area contributed by atoms with Gasteiger partial charge in [0, 0.05) is 0 Å². The van der Waals surface area contributed by atoms with Crippen molar-refractivity contribution < 1.29 is 13.9 Å². The summed E-state index contributed by atoms with van der Waals surface area (Å²) in [5, 5.41) is 2.76. The molecule has 0 aliphatic heterocycles. The number of carbonyl (C=O) groups is 1. The lowest BCUT2D eigenvalue weighted by Gasteiger charge is -2.08. The number of rotatable bonds is 3. The lowest BCUT2D eigenvalue weighted by molar-refractivity contribution is 0.102.